The fourth-order valence-electron chi connectivity index (χ4n) is 3.98. The van der Waals surface area contributed by atoms with Gasteiger partial charge in [-0.15, -0.1) is 0 Å². The van der Waals surface area contributed by atoms with Crippen LogP contribution in [-0.4, -0.2) is 19.1 Å². The molecule has 4 nitrogen and oxygen atoms in total. The van der Waals surface area contributed by atoms with Crippen molar-refractivity contribution >= 4 is 11.6 Å². The average molecular weight is 401 g/mol. The summed E-state index contributed by atoms with van der Waals surface area (Å²) < 4.78 is 5.63. The van der Waals surface area contributed by atoms with Gasteiger partial charge in [0.05, 0.1) is 6.61 Å². The fraction of sp³-hybridized carbons (Fsp3) is 0.269. The summed E-state index contributed by atoms with van der Waals surface area (Å²) in [6.45, 7) is 4.94. The van der Waals surface area contributed by atoms with Crippen LogP contribution in [0.3, 0.4) is 0 Å². The summed E-state index contributed by atoms with van der Waals surface area (Å²) in [4.78, 5) is 15.0. The number of ether oxygens (including phenoxy) is 1. The summed E-state index contributed by atoms with van der Waals surface area (Å²) >= 11 is 0. The second kappa shape index (κ2) is 9.49. The highest BCUT2D eigenvalue weighted by atomic mass is 16.5. The van der Waals surface area contributed by atoms with Crippen molar-refractivity contribution in [3.63, 3.8) is 0 Å². The molecular formula is C26H28N2O2. The quantitative estimate of drug-likeness (QED) is 0.609. The molecule has 4 rings (SSSR count). The van der Waals surface area contributed by atoms with Gasteiger partial charge in [-0.05, 0) is 55.2 Å². The maximum atomic E-state index is 12.6. The van der Waals surface area contributed by atoms with Crippen LogP contribution in [0, 0.1) is 0 Å². The SMILES string of the molecule is CCOc1ccccc1CNC(=O)c1ccc(CN2CCCc3ccccc32)cc1. The number of carbonyl (C=O) groups excluding carboxylic acids is 1. The number of fused-ring (bicyclic) bond motifs is 1. The van der Waals surface area contributed by atoms with E-state index >= 15 is 0 Å². The average Bonchev–Trinajstić information content (AvgIpc) is 2.79. The van der Waals surface area contributed by atoms with Crippen molar-refractivity contribution in [2.75, 3.05) is 18.1 Å². The Morgan fingerprint density at radius 2 is 1.77 bits per heavy atom. The molecule has 1 heterocycles. The highest BCUT2D eigenvalue weighted by Crippen LogP contribution is 2.28. The maximum Gasteiger partial charge on any atom is 0.251 e. The van der Waals surface area contributed by atoms with Gasteiger partial charge >= 0.3 is 0 Å². The molecule has 4 heteroatoms. The van der Waals surface area contributed by atoms with E-state index in [1.54, 1.807) is 0 Å². The minimum absolute atomic E-state index is 0.0730. The molecule has 0 atom stereocenters. The first kappa shape index (κ1) is 20.0. The Kier molecular flexibility index (Phi) is 6.33. The standard InChI is InChI=1S/C26H28N2O2/c1-2-30-25-12-6-4-9-23(25)18-27-26(29)22-15-13-20(14-16-22)19-28-17-7-10-21-8-3-5-11-24(21)28/h3-6,8-9,11-16H,2,7,10,17-19H2,1H3,(H,27,29). The van der Waals surface area contributed by atoms with Crippen LogP contribution >= 0.6 is 0 Å². The van der Waals surface area contributed by atoms with Crippen molar-refractivity contribution in [2.45, 2.75) is 32.9 Å². The van der Waals surface area contributed by atoms with Crippen molar-refractivity contribution in [2.24, 2.45) is 0 Å². The zero-order valence-corrected chi connectivity index (χ0v) is 17.4. The number of amides is 1. The number of rotatable bonds is 7. The molecule has 1 amide bonds. The third-order valence-electron chi connectivity index (χ3n) is 5.51. The molecule has 0 bridgehead atoms. The second-order valence-electron chi connectivity index (χ2n) is 7.57. The summed E-state index contributed by atoms with van der Waals surface area (Å²) in [5.74, 6) is 0.744. The number of para-hydroxylation sites is 2. The fourth-order valence-corrected chi connectivity index (χ4v) is 3.98. The number of carbonyl (C=O) groups is 1. The molecule has 0 radical (unpaired) electrons. The van der Waals surface area contributed by atoms with Gasteiger partial charge in [-0.2, -0.15) is 0 Å². The lowest BCUT2D eigenvalue weighted by molar-refractivity contribution is 0.0950. The molecule has 0 unspecified atom stereocenters. The number of hydrogen-bond acceptors (Lipinski definition) is 3. The van der Waals surface area contributed by atoms with Gasteiger partial charge in [-0.25, -0.2) is 0 Å². The molecule has 3 aromatic rings. The van der Waals surface area contributed by atoms with Gasteiger partial charge in [0.25, 0.3) is 5.91 Å². The summed E-state index contributed by atoms with van der Waals surface area (Å²) in [6, 6.07) is 24.4. The summed E-state index contributed by atoms with van der Waals surface area (Å²) in [5, 5.41) is 3.00. The van der Waals surface area contributed by atoms with Crippen LogP contribution in [0.5, 0.6) is 5.75 Å². The number of hydrogen-bond donors (Lipinski definition) is 1. The predicted molar refractivity (Wildman–Crippen MR) is 121 cm³/mol. The molecule has 0 aliphatic carbocycles. The van der Waals surface area contributed by atoms with E-state index in [-0.39, 0.29) is 5.91 Å². The van der Waals surface area contributed by atoms with Crippen LogP contribution in [0.1, 0.15) is 40.4 Å². The zero-order chi connectivity index (χ0) is 20.8. The molecule has 1 aliphatic heterocycles. The molecule has 0 saturated heterocycles. The van der Waals surface area contributed by atoms with Gasteiger partial charge in [-0.1, -0.05) is 48.5 Å². The highest BCUT2D eigenvalue weighted by Gasteiger charge is 2.16. The number of nitrogens with one attached hydrogen (secondary N) is 1. The molecule has 0 saturated carbocycles. The lowest BCUT2D eigenvalue weighted by Crippen LogP contribution is -2.28. The summed E-state index contributed by atoms with van der Waals surface area (Å²) in [5.41, 5.74) is 5.62. The van der Waals surface area contributed by atoms with Crippen molar-refractivity contribution in [3.05, 3.63) is 95.1 Å². The van der Waals surface area contributed by atoms with Crippen LogP contribution in [0.4, 0.5) is 5.69 Å². The van der Waals surface area contributed by atoms with Crippen LogP contribution in [0.25, 0.3) is 0 Å². The predicted octanol–water partition coefficient (Wildman–Crippen LogP) is 4.97. The van der Waals surface area contributed by atoms with Gasteiger partial charge in [0.15, 0.2) is 0 Å². The largest absolute Gasteiger partial charge is 0.494 e. The Morgan fingerprint density at radius 3 is 2.60 bits per heavy atom. The van der Waals surface area contributed by atoms with Gasteiger partial charge in [0.2, 0.25) is 0 Å². The normalized spacial score (nSPS) is 12.9. The van der Waals surface area contributed by atoms with Crippen LogP contribution < -0.4 is 15.0 Å². The van der Waals surface area contributed by atoms with E-state index < -0.39 is 0 Å². The third-order valence-corrected chi connectivity index (χ3v) is 5.51. The lowest BCUT2D eigenvalue weighted by Gasteiger charge is -2.31. The lowest BCUT2D eigenvalue weighted by atomic mass is 10.0. The maximum absolute atomic E-state index is 12.6. The topological polar surface area (TPSA) is 41.6 Å². The van der Waals surface area contributed by atoms with Gasteiger partial charge in [-0.3, -0.25) is 4.79 Å². The van der Waals surface area contributed by atoms with Gasteiger partial charge < -0.3 is 15.0 Å². The Hall–Kier alpha value is -3.27. The van der Waals surface area contributed by atoms with Crippen LogP contribution in [-0.2, 0) is 19.5 Å². The Balaban J connectivity index is 1.38. The first-order valence-electron chi connectivity index (χ1n) is 10.7. The van der Waals surface area contributed by atoms with Gasteiger partial charge in [0, 0.05) is 36.4 Å². The first-order chi connectivity index (χ1) is 14.7. The van der Waals surface area contributed by atoms with E-state index in [0.717, 1.165) is 30.8 Å². The minimum Gasteiger partial charge on any atom is -0.494 e. The van der Waals surface area contributed by atoms with Gasteiger partial charge in [0.1, 0.15) is 5.75 Å². The number of aryl methyl sites for hydroxylation is 1. The summed E-state index contributed by atoms with van der Waals surface area (Å²) in [6.07, 6.45) is 2.33. The molecule has 154 valence electrons. The van der Waals surface area contributed by atoms with Crippen molar-refractivity contribution in [1.29, 1.82) is 0 Å². The van der Waals surface area contributed by atoms with E-state index in [0.29, 0.717) is 18.7 Å². The highest BCUT2D eigenvalue weighted by molar-refractivity contribution is 5.94. The molecular weight excluding hydrogens is 372 g/mol. The van der Waals surface area contributed by atoms with E-state index in [1.165, 1.54) is 23.2 Å². The molecule has 0 spiro atoms. The summed E-state index contributed by atoms with van der Waals surface area (Å²) in [7, 11) is 0. The Morgan fingerprint density at radius 1 is 1.00 bits per heavy atom. The van der Waals surface area contributed by atoms with E-state index in [9.17, 15) is 4.79 Å². The molecule has 1 aliphatic rings. The Bertz CT molecular complexity index is 998. The van der Waals surface area contributed by atoms with Crippen molar-refractivity contribution in [3.8, 4) is 5.75 Å². The first-order valence-corrected chi connectivity index (χ1v) is 10.7. The van der Waals surface area contributed by atoms with E-state index in [2.05, 4.69) is 46.6 Å². The molecule has 30 heavy (non-hydrogen) atoms. The molecule has 1 N–H and O–H groups in total. The zero-order valence-electron chi connectivity index (χ0n) is 17.4. The number of nitrogens with zero attached hydrogens (tertiary/aromatic N) is 1. The monoisotopic (exact) mass is 400 g/mol. The molecule has 0 aromatic heterocycles. The van der Waals surface area contributed by atoms with Crippen LogP contribution in [0.15, 0.2) is 72.8 Å². The molecule has 3 aromatic carbocycles. The van der Waals surface area contributed by atoms with E-state index in [4.69, 9.17) is 4.74 Å². The van der Waals surface area contributed by atoms with Crippen LogP contribution in [0.2, 0.25) is 0 Å². The van der Waals surface area contributed by atoms with Crippen molar-refractivity contribution < 1.29 is 9.53 Å². The molecule has 0 fully saturated rings. The minimum atomic E-state index is -0.0730. The number of anilines is 1. The smallest absolute Gasteiger partial charge is 0.251 e. The van der Waals surface area contributed by atoms with Crippen molar-refractivity contribution in [1.82, 2.24) is 5.32 Å². The second-order valence-corrected chi connectivity index (χ2v) is 7.57. The van der Waals surface area contributed by atoms with E-state index in [1.807, 2.05) is 43.3 Å². The number of benzene rings is 3. The Labute approximate surface area is 178 Å². The third kappa shape index (κ3) is 4.65.